The lowest BCUT2D eigenvalue weighted by molar-refractivity contribution is -0.122. The van der Waals surface area contributed by atoms with Crippen LogP contribution in [0.15, 0.2) is 35.3 Å². The predicted octanol–water partition coefficient (Wildman–Crippen LogP) is 4.04. The molecule has 1 heterocycles. The lowest BCUT2D eigenvalue weighted by Gasteiger charge is -2.20. The molecule has 0 aliphatic carbocycles. The van der Waals surface area contributed by atoms with Crippen LogP contribution in [0.2, 0.25) is 5.02 Å². The second kappa shape index (κ2) is 8.75. The van der Waals surface area contributed by atoms with Crippen LogP contribution >= 0.6 is 34.2 Å². The molecule has 0 spiro atoms. The second-order valence-corrected chi connectivity index (χ2v) is 7.29. The third-order valence-electron chi connectivity index (χ3n) is 4.04. The molecule has 0 bridgehead atoms. The average Bonchev–Trinajstić information content (AvgIpc) is 2.67. The third-order valence-corrected chi connectivity index (χ3v) is 5.08. The van der Waals surface area contributed by atoms with Gasteiger partial charge in [0, 0.05) is 21.4 Å². The summed E-state index contributed by atoms with van der Waals surface area (Å²) < 4.78 is 21.5. The van der Waals surface area contributed by atoms with Crippen LogP contribution in [0.25, 0.3) is 0 Å². The van der Waals surface area contributed by atoms with Gasteiger partial charge in [0.05, 0.1) is 11.6 Å². The largest absolute Gasteiger partial charge is 0.454 e. The number of aliphatic imine (C=N–C) groups is 1. The summed E-state index contributed by atoms with van der Waals surface area (Å²) in [6.07, 6.45) is 0.160. The van der Waals surface area contributed by atoms with E-state index in [4.69, 9.17) is 21.6 Å². The van der Waals surface area contributed by atoms with Crippen molar-refractivity contribution in [2.75, 3.05) is 0 Å². The standard InChI is InChI=1S/C19H15ClFIN4O2/c1-10-19(27)26-25-16(24-10)6-12-2-3-13(8-22)18(17(12)21)28-15-5-11(9-23)4-14(20)7-15/h2-5,7,10H,6,8H2,1H3,(H,24,25)(H,26,27)/t10-/m0/s1. The fraction of sp³-hybridized carbons (Fsp3) is 0.211. The molecule has 0 unspecified atom stereocenters. The molecule has 2 aromatic rings. The van der Waals surface area contributed by atoms with Crippen LogP contribution in [0.1, 0.15) is 23.6 Å². The normalized spacial score (nSPS) is 15.9. The van der Waals surface area contributed by atoms with Crippen LogP contribution in [0.4, 0.5) is 4.39 Å². The number of hydrogen-bond acceptors (Lipinski definition) is 5. The molecule has 2 aromatic carbocycles. The zero-order chi connectivity index (χ0) is 20.3. The SMILES string of the molecule is C[C@@H]1N=C(Cc2ccc(CI)c(Oc3cc(Cl)cc(C#N)c3)c2F)NNC1=O. The molecule has 6 nitrogen and oxygen atoms in total. The van der Waals surface area contributed by atoms with Gasteiger partial charge in [-0.15, -0.1) is 0 Å². The summed E-state index contributed by atoms with van der Waals surface area (Å²) in [6, 6.07) is 9.42. The number of ether oxygens (including phenoxy) is 1. The fourth-order valence-corrected chi connectivity index (χ4v) is 3.45. The number of rotatable bonds is 5. The number of nitrogens with one attached hydrogen (secondary N) is 2. The molecule has 1 aliphatic heterocycles. The molecule has 28 heavy (non-hydrogen) atoms. The monoisotopic (exact) mass is 512 g/mol. The highest BCUT2D eigenvalue weighted by Gasteiger charge is 2.21. The maximum absolute atomic E-state index is 15.2. The summed E-state index contributed by atoms with van der Waals surface area (Å²) in [4.78, 5) is 15.7. The number of carbonyl (C=O) groups is 1. The molecule has 9 heteroatoms. The lowest BCUT2D eigenvalue weighted by atomic mass is 10.1. The van der Waals surface area contributed by atoms with Gasteiger partial charge >= 0.3 is 0 Å². The average molecular weight is 513 g/mol. The number of carbonyl (C=O) groups excluding carboxylic acids is 1. The second-order valence-electron chi connectivity index (χ2n) is 6.09. The number of nitrogens with zero attached hydrogens (tertiary/aromatic N) is 2. The van der Waals surface area contributed by atoms with E-state index in [1.54, 1.807) is 19.1 Å². The van der Waals surface area contributed by atoms with Crippen molar-refractivity contribution in [3.63, 3.8) is 0 Å². The van der Waals surface area contributed by atoms with Crippen LogP contribution < -0.4 is 15.6 Å². The van der Waals surface area contributed by atoms with Gasteiger partial charge in [-0.05, 0) is 30.7 Å². The van der Waals surface area contributed by atoms with Gasteiger partial charge in [-0.2, -0.15) is 5.26 Å². The molecule has 0 aromatic heterocycles. The molecule has 0 saturated heterocycles. The number of hydrogen-bond donors (Lipinski definition) is 2. The Morgan fingerprint density at radius 3 is 2.75 bits per heavy atom. The van der Waals surface area contributed by atoms with Crippen LogP contribution in [0.3, 0.4) is 0 Å². The molecule has 1 aliphatic rings. The summed E-state index contributed by atoms with van der Waals surface area (Å²) in [5.74, 6) is 0.0323. The Morgan fingerprint density at radius 2 is 2.07 bits per heavy atom. The number of nitriles is 1. The van der Waals surface area contributed by atoms with Crippen molar-refractivity contribution in [1.82, 2.24) is 10.9 Å². The fourth-order valence-electron chi connectivity index (χ4n) is 2.63. The molecule has 0 fully saturated rings. The molecule has 3 rings (SSSR count). The topological polar surface area (TPSA) is 86.5 Å². The summed E-state index contributed by atoms with van der Waals surface area (Å²) in [6.45, 7) is 1.66. The van der Waals surface area contributed by atoms with Gasteiger partial charge < -0.3 is 4.74 Å². The van der Waals surface area contributed by atoms with Crippen LogP contribution in [-0.2, 0) is 15.6 Å². The van der Waals surface area contributed by atoms with Crippen molar-refractivity contribution in [3.05, 3.63) is 57.9 Å². The van der Waals surface area contributed by atoms with Gasteiger partial charge in [0.25, 0.3) is 5.91 Å². The van der Waals surface area contributed by atoms with Crippen molar-refractivity contribution in [2.24, 2.45) is 4.99 Å². The Kier molecular flexibility index (Phi) is 6.36. The Bertz CT molecular complexity index is 1010. The maximum atomic E-state index is 15.2. The smallest absolute Gasteiger partial charge is 0.262 e. The van der Waals surface area contributed by atoms with Crippen LogP contribution in [0, 0.1) is 17.1 Å². The van der Waals surface area contributed by atoms with E-state index in [-0.39, 0.29) is 23.8 Å². The van der Waals surface area contributed by atoms with Crippen molar-refractivity contribution in [1.29, 1.82) is 5.26 Å². The van der Waals surface area contributed by atoms with Gasteiger partial charge in [0.2, 0.25) is 0 Å². The molecule has 2 N–H and O–H groups in total. The first-order valence-electron chi connectivity index (χ1n) is 8.28. The van der Waals surface area contributed by atoms with Gasteiger partial charge in [-0.25, -0.2) is 4.39 Å². The van der Waals surface area contributed by atoms with E-state index in [9.17, 15) is 4.79 Å². The Balaban J connectivity index is 1.94. The van der Waals surface area contributed by atoms with E-state index in [0.29, 0.717) is 32.0 Å². The number of halogens is 3. The van der Waals surface area contributed by atoms with E-state index in [1.165, 1.54) is 18.2 Å². The van der Waals surface area contributed by atoms with Gasteiger partial charge in [0.15, 0.2) is 11.6 Å². The first kappa shape index (κ1) is 20.4. The minimum atomic E-state index is -0.542. The first-order valence-corrected chi connectivity index (χ1v) is 10.2. The summed E-state index contributed by atoms with van der Waals surface area (Å²) in [7, 11) is 0. The van der Waals surface area contributed by atoms with Crippen molar-refractivity contribution in [3.8, 4) is 17.6 Å². The highest BCUT2D eigenvalue weighted by Crippen LogP contribution is 2.34. The number of amidine groups is 1. The van der Waals surface area contributed by atoms with Crippen molar-refractivity contribution >= 4 is 45.9 Å². The van der Waals surface area contributed by atoms with E-state index < -0.39 is 11.9 Å². The number of amides is 1. The van der Waals surface area contributed by atoms with Crippen LogP contribution in [-0.4, -0.2) is 17.8 Å². The minimum Gasteiger partial charge on any atom is -0.454 e. The Hall–Kier alpha value is -2.38. The zero-order valence-corrected chi connectivity index (χ0v) is 17.6. The van der Waals surface area contributed by atoms with Crippen LogP contribution in [0.5, 0.6) is 11.5 Å². The molecule has 1 amide bonds. The highest BCUT2D eigenvalue weighted by molar-refractivity contribution is 14.1. The summed E-state index contributed by atoms with van der Waals surface area (Å²) in [5, 5.41) is 9.41. The molecule has 144 valence electrons. The highest BCUT2D eigenvalue weighted by atomic mass is 127. The van der Waals surface area contributed by atoms with Gasteiger partial charge in [-0.1, -0.05) is 46.3 Å². The zero-order valence-electron chi connectivity index (χ0n) is 14.7. The molecule has 0 saturated carbocycles. The number of benzene rings is 2. The predicted molar refractivity (Wildman–Crippen MR) is 112 cm³/mol. The van der Waals surface area contributed by atoms with E-state index >= 15 is 4.39 Å². The number of alkyl halides is 1. The summed E-state index contributed by atoms with van der Waals surface area (Å²) >= 11 is 8.13. The third kappa shape index (κ3) is 4.54. The molecule has 1 atom stereocenters. The van der Waals surface area contributed by atoms with E-state index in [2.05, 4.69) is 38.4 Å². The Morgan fingerprint density at radius 1 is 1.32 bits per heavy atom. The van der Waals surface area contributed by atoms with Crippen molar-refractivity contribution in [2.45, 2.75) is 23.8 Å². The number of hydrazine groups is 1. The first-order chi connectivity index (χ1) is 13.4. The van der Waals surface area contributed by atoms with E-state index in [0.717, 1.165) is 0 Å². The quantitative estimate of drug-likeness (QED) is 0.468. The van der Waals surface area contributed by atoms with Crippen molar-refractivity contribution < 1.29 is 13.9 Å². The van der Waals surface area contributed by atoms with Gasteiger partial charge in [-0.3, -0.25) is 20.6 Å². The maximum Gasteiger partial charge on any atom is 0.262 e. The summed E-state index contributed by atoms with van der Waals surface area (Å²) in [5.41, 5.74) is 6.53. The Labute approximate surface area is 179 Å². The lowest BCUT2D eigenvalue weighted by Crippen LogP contribution is -2.50. The molecular formula is C19H15ClFIN4O2. The molecule has 0 radical (unpaired) electrons. The minimum absolute atomic E-state index is 0.0755. The molecular weight excluding hydrogens is 498 g/mol. The van der Waals surface area contributed by atoms with Gasteiger partial charge in [0.1, 0.15) is 17.6 Å². The van der Waals surface area contributed by atoms with E-state index in [1.807, 2.05) is 6.07 Å².